The molecule has 0 unspecified atom stereocenters. The number of aliphatic carboxylic acids is 1. The molecule has 1 N–H and O–H groups in total. The first-order chi connectivity index (χ1) is 7.13. The summed E-state index contributed by atoms with van der Waals surface area (Å²) in [5, 5.41) is 8.54. The zero-order valence-corrected chi connectivity index (χ0v) is 7.85. The Balaban J connectivity index is 2.61. The molecule has 0 amide bonds. The van der Waals surface area contributed by atoms with Gasteiger partial charge in [-0.15, -0.1) is 0 Å². The summed E-state index contributed by atoms with van der Waals surface area (Å²) in [7, 11) is 0. The molecule has 0 aliphatic rings. The summed E-state index contributed by atoms with van der Waals surface area (Å²) in [6.07, 6.45) is 0.503. The number of hydrogen-bond donors (Lipinski definition) is 1. The molecule has 0 radical (unpaired) electrons. The Labute approximate surface area is 85.6 Å². The van der Waals surface area contributed by atoms with E-state index in [0.29, 0.717) is 6.42 Å². The Morgan fingerprint density at radius 1 is 1.40 bits per heavy atom. The molecule has 0 saturated heterocycles. The van der Waals surface area contributed by atoms with Gasteiger partial charge in [-0.05, 0) is 24.1 Å². The lowest BCUT2D eigenvalue weighted by atomic mass is 10.1. The van der Waals surface area contributed by atoms with E-state index in [2.05, 4.69) is 4.79 Å². The van der Waals surface area contributed by atoms with Gasteiger partial charge in [0.1, 0.15) is 5.82 Å². The van der Waals surface area contributed by atoms with Crippen LogP contribution in [0, 0.1) is 5.82 Å². The Kier molecular flexibility index (Phi) is 3.71. The molecule has 0 bridgehead atoms. The predicted molar refractivity (Wildman–Crippen MR) is 51.0 cm³/mol. The van der Waals surface area contributed by atoms with Crippen molar-refractivity contribution in [1.82, 2.24) is 0 Å². The summed E-state index contributed by atoms with van der Waals surface area (Å²) < 4.78 is 12.5. The van der Waals surface area contributed by atoms with Crippen molar-refractivity contribution in [2.45, 2.75) is 12.8 Å². The summed E-state index contributed by atoms with van der Waals surface area (Å²) in [4.78, 5) is 13.1. The van der Waals surface area contributed by atoms with Crippen LogP contribution in [0.25, 0.3) is 5.53 Å². The van der Waals surface area contributed by atoms with Crippen molar-refractivity contribution in [3.05, 3.63) is 41.2 Å². The number of nitrogens with zero attached hydrogens (tertiary/aromatic N) is 2. The summed E-state index contributed by atoms with van der Waals surface area (Å²) in [6.45, 7) is 0. The van der Waals surface area contributed by atoms with E-state index >= 15 is 0 Å². The molecular weight excluding hydrogens is 199 g/mol. The van der Waals surface area contributed by atoms with Crippen LogP contribution < -0.4 is 0 Å². The van der Waals surface area contributed by atoms with Gasteiger partial charge in [0.25, 0.3) is 0 Å². The number of halogens is 1. The standard InChI is InChI=1S/C10H9FN2O2/c11-8-4-1-7(2-5-8)3-6-9(13-12)10(14)15/h1-2,4-5H,3,6H2,(H,14,15). The fourth-order valence-corrected chi connectivity index (χ4v) is 1.11. The average molecular weight is 208 g/mol. The minimum atomic E-state index is -1.25. The zero-order chi connectivity index (χ0) is 11.3. The molecule has 0 aliphatic heterocycles. The van der Waals surface area contributed by atoms with E-state index < -0.39 is 5.97 Å². The fraction of sp³-hybridized carbons (Fsp3) is 0.200. The average Bonchev–Trinajstić information content (AvgIpc) is 2.21. The van der Waals surface area contributed by atoms with Gasteiger partial charge >= 0.3 is 11.7 Å². The summed E-state index contributed by atoms with van der Waals surface area (Å²) >= 11 is 0. The molecule has 1 rings (SSSR count). The van der Waals surface area contributed by atoms with Crippen LogP contribution in [0.1, 0.15) is 12.0 Å². The van der Waals surface area contributed by atoms with E-state index in [1.165, 1.54) is 12.1 Å². The van der Waals surface area contributed by atoms with Crippen molar-refractivity contribution in [3.63, 3.8) is 0 Å². The monoisotopic (exact) mass is 208 g/mol. The number of aryl methyl sites for hydroxylation is 1. The van der Waals surface area contributed by atoms with E-state index in [1.54, 1.807) is 12.1 Å². The van der Waals surface area contributed by atoms with Gasteiger partial charge in [-0.3, -0.25) is 0 Å². The number of carboxylic acid groups (broad SMARTS) is 1. The topological polar surface area (TPSA) is 73.7 Å². The number of hydrogen-bond acceptors (Lipinski definition) is 1. The molecule has 4 nitrogen and oxygen atoms in total. The van der Waals surface area contributed by atoms with E-state index in [4.69, 9.17) is 10.6 Å². The second kappa shape index (κ2) is 5.02. The SMILES string of the molecule is [N-]=[N+]=C(CCc1ccc(F)cc1)C(=O)O. The third-order valence-corrected chi connectivity index (χ3v) is 1.93. The number of rotatable bonds is 4. The van der Waals surface area contributed by atoms with E-state index in [9.17, 15) is 9.18 Å². The first-order valence-corrected chi connectivity index (χ1v) is 4.32. The highest BCUT2D eigenvalue weighted by Gasteiger charge is 2.17. The zero-order valence-electron chi connectivity index (χ0n) is 7.85. The van der Waals surface area contributed by atoms with Crippen LogP contribution in [-0.4, -0.2) is 21.6 Å². The summed E-state index contributed by atoms with van der Waals surface area (Å²) in [6, 6.07) is 5.72. The van der Waals surface area contributed by atoms with E-state index in [1.807, 2.05) is 0 Å². The van der Waals surface area contributed by atoms with Crippen molar-refractivity contribution < 1.29 is 19.1 Å². The minimum absolute atomic E-state index is 0.109. The molecule has 5 heteroatoms. The van der Waals surface area contributed by atoms with Crippen LogP contribution in [0.15, 0.2) is 24.3 Å². The Bertz CT molecular complexity index is 408. The summed E-state index contributed by atoms with van der Waals surface area (Å²) in [5.41, 5.74) is 8.85. The van der Waals surface area contributed by atoms with Gasteiger partial charge < -0.3 is 10.6 Å². The van der Waals surface area contributed by atoms with Gasteiger partial charge in [-0.1, -0.05) is 12.1 Å². The molecule has 1 aromatic carbocycles. The van der Waals surface area contributed by atoms with Crippen molar-refractivity contribution in [1.29, 1.82) is 0 Å². The maximum Gasteiger partial charge on any atom is 0.414 e. The first-order valence-electron chi connectivity index (χ1n) is 4.32. The largest absolute Gasteiger partial charge is 0.473 e. The van der Waals surface area contributed by atoms with Crippen LogP contribution in [0.5, 0.6) is 0 Å². The van der Waals surface area contributed by atoms with Gasteiger partial charge in [0, 0.05) is 0 Å². The number of benzene rings is 1. The second-order valence-corrected chi connectivity index (χ2v) is 2.98. The van der Waals surface area contributed by atoms with E-state index in [0.717, 1.165) is 5.56 Å². The first kappa shape index (κ1) is 11.1. The van der Waals surface area contributed by atoms with Gasteiger partial charge in [0.15, 0.2) is 0 Å². The quantitative estimate of drug-likeness (QED) is 0.462. The molecule has 0 aromatic heterocycles. The van der Waals surface area contributed by atoms with Crippen molar-refractivity contribution >= 4 is 11.7 Å². The number of carboxylic acids is 1. The van der Waals surface area contributed by atoms with Crippen LogP contribution in [0.4, 0.5) is 4.39 Å². The Hall–Kier alpha value is -2.00. The maximum absolute atomic E-state index is 12.5. The molecule has 0 aliphatic carbocycles. The van der Waals surface area contributed by atoms with Crippen molar-refractivity contribution in [2.24, 2.45) is 0 Å². The lowest BCUT2D eigenvalue weighted by molar-refractivity contribution is -0.134. The summed E-state index contributed by atoms with van der Waals surface area (Å²) in [5.74, 6) is -1.59. The number of carbonyl (C=O) groups is 1. The molecule has 0 saturated carbocycles. The highest BCUT2D eigenvalue weighted by Crippen LogP contribution is 2.05. The highest BCUT2D eigenvalue weighted by atomic mass is 19.1. The molecule has 0 fully saturated rings. The predicted octanol–water partition coefficient (Wildman–Crippen LogP) is 1.51. The Morgan fingerprint density at radius 3 is 2.47 bits per heavy atom. The van der Waals surface area contributed by atoms with Crippen molar-refractivity contribution in [2.75, 3.05) is 0 Å². The molecular formula is C10H9FN2O2. The van der Waals surface area contributed by atoms with Gasteiger partial charge in [-0.25, -0.2) is 9.18 Å². The molecule has 78 valence electrons. The smallest absolute Gasteiger partial charge is 0.414 e. The molecule has 0 heterocycles. The lowest BCUT2D eigenvalue weighted by Crippen LogP contribution is -2.14. The van der Waals surface area contributed by atoms with Gasteiger partial charge in [-0.2, -0.15) is 4.79 Å². The molecule has 15 heavy (non-hydrogen) atoms. The van der Waals surface area contributed by atoms with Crippen molar-refractivity contribution in [3.8, 4) is 0 Å². The molecule has 1 aromatic rings. The highest BCUT2D eigenvalue weighted by molar-refractivity contribution is 6.32. The van der Waals surface area contributed by atoms with Crippen LogP contribution in [0.3, 0.4) is 0 Å². The molecule has 0 atom stereocenters. The fourth-order valence-electron chi connectivity index (χ4n) is 1.11. The van der Waals surface area contributed by atoms with Crippen LogP contribution in [-0.2, 0) is 11.2 Å². The normalized spacial score (nSPS) is 9.40. The molecule has 0 spiro atoms. The Morgan fingerprint density at radius 2 is 2.00 bits per heavy atom. The van der Waals surface area contributed by atoms with Crippen LogP contribution >= 0.6 is 0 Å². The van der Waals surface area contributed by atoms with E-state index in [-0.39, 0.29) is 17.9 Å². The van der Waals surface area contributed by atoms with Gasteiger partial charge in [0.2, 0.25) is 0 Å². The van der Waals surface area contributed by atoms with Gasteiger partial charge in [0.05, 0.1) is 6.42 Å². The third-order valence-electron chi connectivity index (χ3n) is 1.93. The second-order valence-electron chi connectivity index (χ2n) is 2.98. The maximum atomic E-state index is 12.5. The third kappa shape index (κ3) is 3.32. The lowest BCUT2D eigenvalue weighted by Gasteiger charge is -1.96. The minimum Gasteiger partial charge on any atom is -0.473 e. The van der Waals surface area contributed by atoms with Crippen LogP contribution in [0.2, 0.25) is 0 Å².